The Hall–Kier alpha value is -2.01. The molecule has 0 saturated heterocycles. The number of halogens is 1. The summed E-state index contributed by atoms with van der Waals surface area (Å²) >= 11 is 6.15. The van der Waals surface area contributed by atoms with Crippen molar-refractivity contribution in [3.8, 4) is 11.5 Å². The number of hydrogen-bond donors (Lipinski definition) is 1. The van der Waals surface area contributed by atoms with Crippen molar-refractivity contribution in [1.82, 2.24) is 0 Å². The third kappa shape index (κ3) is 3.73. The molecule has 5 nitrogen and oxygen atoms in total. The van der Waals surface area contributed by atoms with Crippen LogP contribution in [-0.4, -0.2) is 31.3 Å². The molecular weight excluding hydrogens is 354 g/mol. The number of carbonyl (C=O) groups is 1. The standard InChI is InChI=1S/C20H24ClNO4/c1-25-18-9-19(26-2)15(8-14(18)21)22-12-13-16(23)10-20(11-17(13)24)6-4-3-5-7-20/h8-9,12,23H,3-7,10-11H2,1-2H3. The van der Waals surface area contributed by atoms with Gasteiger partial charge in [-0.05, 0) is 24.3 Å². The average molecular weight is 378 g/mol. The van der Waals surface area contributed by atoms with Crippen LogP contribution in [0.25, 0.3) is 0 Å². The van der Waals surface area contributed by atoms with E-state index in [1.54, 1.807) is 12.1 Å². The Morgan fingerprint density at radius 3 is 2.42 bits per heavy atom. The van der Waals surface area contributed by atoms with Gasteiger partial charge in [-0.1, -0.05) is 30.9 Å². The van der Waals surface area contributed by atoms with E-state index in [1.807, 2.05) is 0 Å². The summed E-state index contributed by atoms with van der Waals surface area (Å²) in [5.74, 6) is 1.07. The van der Waals surface area contributed by atoms with E-state index in [-0.39, 0.29) is 22.5 Å². The molecule has 3 rings (SSSR count). The van der Waals surface area contributed by atoms with E-state index in [2.05, 4.69) is 4.99 Å². The summed E-state index contributed by atoms with van der Waals surface area (Å²) in [6.07, 6.45) is 7.96. The fourth-order valence-corrected chi connectivity index (χ4v) is 4.23. The van der Waals surface area contributed by atoms with Crippen LogP contribution in [-0.2, 0) is 4.79 Å². The van der Waals surface area contributed by atoms with Crippen molar-refractivity contribution in [2.45, 2.75) is 44.9 Å². The number of methoxy groups -OCH3 is 2. The Labute approximate surface area is 158 Å². The van der Waals surface area contributed by atoms with Gasteiger partial charge in [0.2, 0.25) is 0 Å². The highest BCUT2D eigenvalue weighted by Gasteiger charge is 2.40. The van der Waals surface area contributed by atoms with Gasteiger partial charge < -0.3 is 14.6 Å². The van der Waals surface area contributed by atoms with Crippen LogP contribution in [0.2, 0.25) is 5.02 Å². The molecule has 0 aromatic heterocycles. The number of benzene rings is 1. The SMILES string of the molecule is COc1cc(OC)c(N=CC2=C(O)CC3(CCCCC3)CC2=O)cc1Cl. The van der Waals surface area contributed by atoms with Gasteiger partial charge in [-0.3, -0.25) is 9.79 Å². The molecule has 6 heteroatoms. The van der Waals surface area contributed by atoms with Crippen LogP contribution < -0.4 is 9.47 Å². The number of aliphatic hydroxyl groups excluding tert-OH is 1. The van der Waals surface area contributed by atoms with Gasteiger partial charge in [0, 0.05) is 25.1 Å². The molecule has 2 aliphatic rings. The minimum atomic E-state index is -0.0577. The quantitative estimate of drug-likeness (QED) is 0.733. The van der Waals surface area contributed by atoms with Crippen LogP contribution >= 0.6 is 11.6 Å². The molecule has 0 aliphatic heterocycles. The maximum absolute atomic E-state index is 12.6. The van der Waals surface area contributed by atoms with Crippen LogP contribution in [0.1, 0.15) is 44.9 Å². The van der Waals surface area contributed by atoms with Crippen LogP contribution in [0.15, 0.2) is 28.5 Å². The molecule has 0 atom stereocenters. The second kappa shape index (κ2) is 7.70. The summed E-state index contributed by atoms with van der Waals surface area (Å²) in [7, 11) is 3.05. The number of allylic oxidation sites excluding steroid dienone is 2. The van der Waals surface area contributed by atoms with Crippen molar-refractivity contribution in [1.29, 1.82) is 0 Å². The fraction of sp³-hybridized carbons (Fsp3) is 0.500. The van der Waals surface area contributed by atoms with Gasteiger partial charge in [0.05, 0.1) is 24.8 Å². The molecule has 0 amide bonds. The van der Waals surface area contributed by atoms with Crippen molar-refractivity contribution >= 4 is 29.3 Å². The number of nitrogens with zero attached hydrogens (tertiary/aromatic N) is 1. The first kappa shape index (κ1) is 18.8. The van der Waals surface area contributed by atoms with Crippen LogP contribution in [0.3, 0.4) is 0 Å². The third-order valence-corrected chi connectivity index (χ3v) is 5.68. The summed E-state index contributed by atoms with van der Waals surface area (Å²) < 4.78 is 10.5. The van der Waals surface area contributed by atoms with Crippen LogP contribution in [0.4, 0.5) is 5.69 Å². The minimum absolute atomic E-state index is 0.0435. The number of aliphatic imine (C=N–C) groups is 1. The number of aliphatic hydroxyl groups is 1. The number of carbonyl (C=O) groups excluding carboxylic acids is 1. The van der Waals surface area contributed by atoms with E-state index in [0.717, 1.165) is 25.7 Å². The second-order valence-electron chi connectivity index (χ2n) is 7.11. The Kier molecular flexibility index (Phi) is 5.56. The maximum Gasteiger partial charge on any atom is 0.168 e. The summed E-state index contributed by atoms with van der Waals surface area (Å²) in [6, 6.07) is 3.26. The largest absolute Gasteiger partial charge is 0.511 e. The van der Waals surface area contributed by atoms with Crippen molar-refractivity contribution in [2.24, 2.45) is 10.4 Å². The molecule has 0 radical (unpaired) electrons. The molecule has 1 N–H and O–H groups in total. The summed E-state index contributed by atoms with van der Waals surface area (Å²) in [4.78, 5) is 17.0. The zero-order valence-corrected chi connectivity index (χ0v) is 15.9. The highest BCUT2D eigenvalue weighted by Crippen LogP contribution is 2.47. The molecule has 1 aromatic carbocycles. The Morgan fingerprint density at radius 2 is 1.81 bits per heavy atom. The highest BCUT2D eigenvalue weighted by molar-refractivity contribution is 6.32. The Balaban J connectivity index is 1.87. The molecule has 1 saturated carbocycles. The number of ketones is 1. The van der Waals surface area contributed by atoms with E-state index in [9.17, 15) is 9.90 Å². The first-order valence-electron chi connectivity index (χ1n) is 8.89. The molecule has 26 heavy (non-hydrogen) atoms. The maximum atomic E-state index is 12.6. The second-order valence-corrected chi connectivity index (χ2v) is 7.52. The predicted octanol–water partition coefficient (Wildman–Crippen LogP) is 5.19. The van der Waals surface area contributed by atoms with Crippen LogP contribution in [0.5, 0.6) is 11.5 Å². The van der Waals surface area contributed by atoms with Crippen molar-refractivity contribution in [3.05, 3.63) is 28.5 Å². The predicted molar refractivity (Wildman–Crippen MR) is 102 cm³/mol. The normalized spacial score (nSPS) is 20.0. The summed E-state index contributed by atoms with van der Waals surface area (Å²) in [5.41, 5.74) is 0.706. The lowest BCUT2D eigenvalue weighted by atomic mass is 9.65. The molecular formula is C20H24ClNO4. The number of hydrogen-bond acceptors (Lipinski definition) is 5. The lowest BCUT2D eigenvalue weighted by molar-refractivity contribution is -0.119. The van der Waals surface area contributed by atoms with E-state index in [0.29, 0.717) is 35.1 Å². The Bertz CT molecular complexity index is 763. The van der Waals surface area contributed by atoms with Gasteiger partial charge in [0.25, 0.3) is 0 Å². The van der Waals surface area contributed by atoms with Gasteiger partial charge >= 0.3 is 0 Å². The number of Topliss-reactive ketones (excluding diaryl/α,β-unsaturated/α-hetero) is 1. The first-order valence-corrected chi connectivity index (χ1v) is 9.27. The van der Waals surface area contributed by atoms with Gasteiger partial charge in [-0.15, -0.1) is 0 Å². The van der Waals surface area contributed by atoms with Gasteiger partial charge in [0.1, 0.15) is 22.9 Å². The van der Waals surface area contributed by atoms with E-state index < -0.39 is 0 Å². The zero-order valence-electron chi connectivity index (χ0n) is 15.2. The average Bonchev–Trinajstić information content (AvgIpc) is 2.61. The molecule has 140 valence electrons. The van der Waals surface area contributed by atoms with Crippen LogP contribution in [0, 0.1) is 5.41 Å². The lowest BCUT2D eigenvalue weighted by Gasteiger charge is -2.39. The first-order chi connectivity index (χ1) is 12.5. The van der Waals surface area contributed by atoms with Gasteiger partial charge in [-0.25, -0.2) is 0 Å². The van der Waals surface area contributed by atoms with Crippen molar-refractivity contribution < 1.29 is 19.4 Å². The number of ether oxygens (including phenoxy) is 2. The summed E-state index contributed by atoms with van der Waals surface area (Å²) in [5, 5.41) is 10.9. The van der Waals surface area contributed by atoms with Gasteiger partial charge in [0.15, 0.2) is 5.78 Å². The number of rotatable bonds is 4. The molecule has 1 fully saturated rings. The fourth-order valence-electron chi connectivity index (χ4n) is 3.99. The highest BCUT2D eigenvalue weighted by atomic mass is 35.5. The van der Waals surface area contributed by atoms with E-state index >= 15 is 0 Å². The smallest absolute Gasteiger partial charge is 0.168 e. The molecule has 1 spiro atoms. The van der Waals surface area contributed by atoms with E-state index in [4.69, 9.17) is 21.1 Å². The lowest BCUT2D eigenvalue weighted by Crippen LogP contribution is -2.33. The zero-order chi connectivity index (χ0) is 18.7. The van der Waals surface area contributed by atoms with E-state index in [1.165, 1.54) is 26.9 Å². The van der Waals surface area contributed by atoms with Crippen molar-refractivity contribution in [2.75, 3.05) is 14.2 Å². The molecule has 0 unspecified atom stereocenters. The molecule has 0 bridgehead atoms. The monoisotopic (exact) mass is 377 g/mol. The van der Waals surface area contributed by atoms with Crippen molar-refractivity contribution in [3.63, 3.8) is 0 Å². The topological polar surface area (TPSA) is 68.1 Å². The molecule has 2 aliphatic carbocycles. The molecule has 1 aromatic rings. The molecule has 0 heterocycles. The minimum Gasteiger partial charge on any atom is -0.511 e. The summed E-state index contributed by atoms with van der Waals surface area (Å²) in [6.45, 7) is 0. The third-order valence-electron chi connectivity index (χ3n) is 5.39. The Morgan fingerprint density at radius 1 is 1.12 bits per heavy atom. The van der Waals surface area contributed by atoms with Gasteiger partial charge in [-0.2, -0.15) is 0 Å².